The molecule has 1 aromatic heterocycles. The number of rotatable bonds is 4. The molecule has 1 amide bonds. The zero-order valence-corrected chi connectivity index (χ0v) is 11.3. The molecule has 0 radical (unpaired) electrons. The van der Waals surface area contributed by atoms with E-state index in [-0.39, 0.29) is 5.91 Å². The number of thioether (sulfide) groups is 1. The molecule has 2 heterocycles. The van der Waals surface area contributed by atoms with Crippen LogP contribution in [0, 0.1) is 0 Å². The van der Waals surface area contributed by atoms with Crippen molar-refractivity contribution in [2.24, 2.45) is 5.84 Å². The second-order valence-corrected chi connectivity index (χ2v) is 6.11. The van der Waals surface area contributed by atoms with Crippen LogP contribution in [0.5, 0.6) is 0 Å². The van der Waals surface area contributed by atoms with Crippen LogP contribution in [0.1, 0.15) is 28.6 Å². The van der Waals surface area contributed by atoms with Gasteiger partial charge in [-0.1, -0.05) is 0 Å². The van der Waals surface area contributed by atoms with Crippen molar-refractivity contribution in [3.63, 3.8) is 0 Å². The Kier molecular flexibility index (Phi) is 4.44. The van der Waals surface area contributed by atoms with Crippen molar-refractivity contribution in [3.05, 3.63) is 21.9 Å². The molecule has 1 saturated heterocycles. The summed E-state index contributed by atoms with van der Waals surface area (Å²) in [5.41, 5.74) is 3.24. The molecule has 1 aliphatic heterocycles. The molecule has 94 valence electrons. The van der Waals surface area contributed by atoms with Crippen LogP contribution in [0.25, 0.3) is 0 Å². The molecule has 2 unspecified atom stereocenters. The summed E-state index contributed by atoms with van der Waals surface area (Å²) >= 11 is 3.28. The van der Waals surface area contributed by atoms with Gasteiger partial charge in [0.15, 0.2) is 0 Å². The van der Waals surface area contributed by atoms with Crippen molar-refractivity contribution in [3.8, 4) is 0 Å². The second-order valence-electron chi connectivity index (χ2n) is 3.96. The first-order valence-corrected chi connectivity index (χ1v) is 7.45. The molecule has 1 fully saturated rings. The summed E-state index contributed by atoms with van der Waals surface area (Å²) in [7, 11) is 0. The largest absolute Gasteiger partial charge is 0.377 e. The molecule has 0 aromatic carbocycles. The van der Waals surface area contributed by atoms with Crippen LogP contribution in [-0.4, -0.2) is 23.9 Å². The standard InChI is InChI=1S/C11H16N2O2S2/c1-7-9(2-4-15-7)17-6-8-3-5-16-10(8)11(14)13-12/h3,5,7,9H,2,4,6,12H2,1H3,(H,13,14). The maximum atomic E-state index is 11.5. The van der Waals surface area contributed by atoms with E-state index in [2.05, 4.69) is 12.3 Å². The van der Waals surface area contributed by atoms with Crippen molar-refractivity contribution in [1.82, 2.24) is 5.43 Å². The van der Waals surface area contributed by atoms with Gasteiger partial charge in [0.05, 0.1) is 11.0 Å². The highest BCUT2D eigenvalue weighted by atomic mass is 32.2. The minimum Gasteiger partial charge on any atom is -0.377 e. The normalized spacial score (nSPS) is 23.9. The summed E-state index contributed by atoms with van der Waals surface area (Å²) in [5, 5.41) is 2.46. The van der Waals surface area contributed by atoms with Gasteiger partial charge >= 0.3 is 0 Å². The Labute approximate surface area is 109 Å². The lowest BCUT2D eigenvalue weighted by Gasteiger charge is -2.13. The molecule has 0 spiro atoms. The van der Waals surface area contributed by atoms with Gasteiger partial charge in [-0.15, -0.1) is 11.3 Å². The molecule has 2 atom stereocenters. The average Bonchev–Trinajstić information content (AvgIpc) is 2.94. The van der Waals surface area contributed by atoms with Crippen molar-refractivity contribution < 1.29 is 9.53 Å². The minimum atomic E-state index is -0.202. The first-order chi connectivity index (χ1) is 8.22. The Morgan fingerprint density at radius 2 is 2.59 bits per heavy atom. The number of nitrogens with one attached hydrogen (secondary N) is 1. The van der Waals surface area contributed by atoms with E-state index in [1.807, 2.05) is 23.2 Å². The van der Waals surface area contributed by atoms with Crippen LogP contribution in [0.15, 0.2) is 11.4 Å². The second kappa shape index (κ2) is 5.86. The van der Waals surface area contributed by atoms with Gasteiger partial charge in [0.1, 0.15) is 0 Å². The number of hydrazine groups is 1. The minimum absolute atomic E-state index is 0.202. The van der Waals surface area contributed by atoms with E-state index in [1.165, 1.54) is 11.3 Å². The van der Waals surface area contributed by atoms with E-state index in [4.69, 9.17) is 10.6 Å². The predicted molar refractivity (Wildman–Crippen MR) is 71.1 cm³/mol. The maximum Gasteiger partial charge on any atom is 0.275 e. The molecule has 0 saturated carbocycles. The Morgan fingerprint density at radius 1 is 1.76 bits per heavy atom. The Bertz CT molecular complexity index is 395. The first kappa shape index (κ1) is 12.9. The molecular formula is C11H16N2O2S2. The highest BCUT2D eigenvalue weighted by Gasteiger charge is 2.25. The Balaban J connectivity index is 1.95. The van der Waals surface area contributed by atoms with E-state index in [9.17, 15) is 4.79 Å². The third-order valence-electron chi connectivity index (χ3n) is 2.84. The summed E-state index contributed by atoms with van der Waals surface area (Å²) in [5.74, 6) is 5.79. The summed E-state index contributed by atoms with van der Waals surface area (Å²) < 4.78 is 5.52. The summed E-state index contributed by atoms with van der Waals surface area (Å²) in [6.07, 6.45) is 1.40. The topological polar surface area (TPSA) is 64.3 Å². The Morgan fingerprint density at radius 3 is 3.24 bits per heavy atom. The van der Waals surface area contributed by atoms with Crippen molar-refractivity contribution in [2.75, 3.05) is 6.61 Å². The third-order valence-corrected chi connectivity index (χ3v) is 5.32. The zero-order valence-electron chi connectivity index (χ0n) is 9.64. The van der Waals surface area contributed by atoms with E-state index in [0.29, 0.717) is 16.2 Å². The van der Waals surface area contributed by atoms with E-state index in [0.717, 1.165) is 24.3 Å². The quantitative estimate of drug-likeness (QED) is 0.498. The van der Waals surface area contributed by atoms with Crippen LogP contribution >= 0.6 is 23.1 Å². The van der Waals surface area contributed by atoms with E-state index < -0.39 is 0 Å². The zero-order chi connectivity index (χ0) is 12.3. The number of ether oxygens (including phenoxy) is 1. The fourth-order valence-corrected chi connectivity index (χ4v) is 4.01. The summed E-state index contributed by atoms with van der Waals surface area (Å²) in [6.45, 7) is 2.95. The number of nitrogen functional groups attached to an aromatic ring is 1. The molecule has 17 heavy (non-hydrogen) atoms. The molecule has 6 heteroatoms. The van der Waals surface area contributed by atoms with E-state index in [1.54, 1.807) is 0 Å². The van der Waals surface area contributed by atoms with Crippen molar-refractivity contribution in [2.45, 2.75) is 30.5 Å². The monoisotopic (exact) mass is 272 g/mol. The van der Waals surface area contributed by atoms with Crippen LogP contribution in [0.2, 0.25) is 0 Å². The molecule has 0 bridgehead atoms. The first-order valence-electron chi connectivity index (χ1n) is 5.53. The fourth-order valence-electron chi connectivity index (χ4n) is 1.84. The smallest absolute Gasteiger partial charge is 0.275 e. The number of thiophene rings is 1. The lowest BCUT2D eigenvalue weighted by Crippen LogP contribution is -2.29. The van der Waals surface area contributed by atoms with Crippen molar-refractivity contribution >= 4 is 29.0 Å². The molecule has 2 rings (SSSR count). The lowest BCUT2D eigenvalue weighted by atomic mass is 10.2. The van der Waals surface area contributed by atoms with Gasteiger partial charge in [-0.25, -0.2) is 5.84 Å². The van der Waals surface area contributed by atoms with Gasteiger partial charge in [0.25, 0.3) is 5.91 Å². The lowest BCUT2D eigenvalue weighted by molar-refractivity contribution is 0.0957. The average molecular weight is 272 g/mol. The van der Waals surface area contributed by atoms with Crippen molar-refractivity contribution in [1.29, 1.82) is 0 Å². The van der Waals surface area contributed by atoms with Gasteiger partial charge in [0.2, 0.25) is 0 Å². The van der Waals surface area contributed by atoms with Gasteiger partial charge in [-0.05, 0) is 30.4 Å². The highest BCUT2D eigenvalue weighted by molar-refractivity contribution is 7.99. The number of nitrogens with two attached hydrogens (primary N) is 1. The molecule has 1 aliphatic rings. The number of hydrogen-bond donors (Lipinski definition) is 2. The molecular weight excluding hydrogens is 256 g/mol. The van der Waals surface area contributed by atoms with Gasteiger partial charge < -0.3 is 4.74 Å². The van der Waals surface area contributed by atoms with Crippen LogP contribution in [0.3, 0.4) is 0 Å². The number of hydrogen-bond acceptors (Lipinski definition) is 5. The highest BCUT2D eigenvalue weighted by Crippen LogP contribution is 2.31. The third kappa shape index (κ3) is 3.01. The van der Waals surface area contributed by atoms with Crippen LogP contribution < -0.4 is 11.3 Å². The predicted octanol–water partition coefficient (Wildman–Crippen LogP) is 1.76. The number of amides is 1. The number of carbonyl (C=O) groups excluding carboxylic acids is 1. The maximum absolute atomic E-state index is 11.5. The Hall–Kier alpha value is -0.560. The summed E-state index contributed by atoms with van der Waals surface area (Å²) in [4.78, 5) is 12.2. The molecule has 3 N–H and O–H groups in total. The SMILES string of the molecule is CC1OCCC1SCc1ccsc1C(=O)NN. The van der Waals surface area contributed by atoms with Gasteiger partial charge in [-0.3, -0.25) is 10.2 Å². The van der Waals surface area contributed by atoms with E-state index >= 15 is 0 Å². The van der Waals surface area contributed by atoms with Gasteiger partial charge in [0, 0.05) is 17.6 Å². The summed E-state index contributed by atoms with van der Waals surface area (Å²) in [6, 6.07) is 1.99. The van der Waals surface area contributed by atoms with Crippen LogP contribution in [-0.2, 0) is 10.5 Å². The molecule has 4 nitrogen and oxygen atoms in total. The molecule has 0 aliphatic carbocycles. The van der Waals surface area contributed by atoms with Crippen LogP contribution in [0.4, 0.5) is 0 Å². The molecule has 1 aromatic rings. The van der Waals surface area contributed by atoms with Gasteiger partial charge in [-0.2, -0.15) is 11.8 Å². The number of carbonyl (C=O) groups is 1. The fraction of sp³-hybridized carbons (Fsp3) is 0.545.